The van der Waals surface area contributed by atoms with Gasteiger partial charge in [-0.3, -0.25) is 4.79 Å². The molecule has 0 fully saturated rings. The number of carbonyl (C=O) groups excluding carboxylic acids is 2. The number of methoxy groups -OCH3 is 1. The van der Waals surface area contributed by atoms with E-state index in [2.05, 4.69) is 10.3 Å². The number of benzene rings is 2. The second-order valence-electron chi connectivity index (χ2n) is 6.50. The molecule has 2 heterocycles. The molecule has 4 rings (SSSR count). The molecular weight excluding hydrogens is 402 g/mol. The predicted molar refractivity (Wildman–Crippen MR) is 118 cm³/mol. The number of anilines is 2. The fourth-order valence-electron chi connectivity index (χ4n) is 3.13. The lowest BCUT2D eigenvalue weighted by Gasteiger charge is -2.06. The zero-order valence-corrected chi connectivity index (χ0v) is 17.2. The first-order chi connectivity index (χ1) is 14.5. The van der Waals surface area contributed by atoms with E-state index in [4.69, 9.17) is 15.2 Å². The number of ether oxygens (including phenoxy) is 2. The van der Waals surface area contributed by atoms with Crippen molar-refractivity contribution in [3.63, 3.8) is 0 Å². The number of nitrogen functional groups attached to an aromatic ring is 1. The van der Waals surface area contributed by atoms with Crippen LogP contribution in [0.4, 0.5) is 11.4 Å². The quantitative estimate of drug-likeness (QED) is 0.461. The van der Waals surface area contributed by atoms with Crippen molar-refractivity contribution < 1.29 is 19.1 Å². The van der Waals surface area contributed by atoms with Gasteiger partial charge in [0.15, 0.2) is 0 Å². The first-order valence-electron chi connectivity index (χ1n) is 9.25. The highest BCUT2D eigenvalue weighted by molar-refractivity contribution is 7.21. The molecule has 0 aliphatic carbocycles. The fraction of sp³-hybridized carbons (Fsp3) is 0.136. The Balaban J connectivity index is 1.68. The molecule has 4 aromatic rings. The molecule has 8 heteroatoms. The number of rotatable bonds is 5. The standard InChI is InChI=1S/C22H19N3O4S/c1-3-29-15-8-7-12-10-16-18(23)19(30-21(16)25-17(12)11-15)20(26)24-14-6-4-5-13(9-14)22(27)28-2/h4-11H,3,23H2,1-2H3,(H,24,26). The van der Waals surface area contributed by atoms with E-state index < -0.39 is 5.97 Å². The van der Waals surface area contributed by atoms with Crippen LogP contribution in [-0.4, -0.2) is 30.6 Å². The van der Waals surface area contributed by atoms with E-state index in [0.29, 0.717) is 33.3 Å². The summed E-state index contributed by atoms with van der Waals surface area (Å²) in [6, 6.07) is 14.1. The summed E-state index contributed by atoms with van der Waals surface area (Å²) in [6.07, 6.45) is 0. The lowest BCUT2D eigenvalue weighted by atomic mass is 10.1. The number of carbonyl (C=O) groups is 2. The Bertz CT molecular complexity index is 1280. The van der Waals surface area contributed by atoms with E-state index in [0.717, 1.165) is 22.0 Å². The van der Waals surface area contributed by atoms with E-state index in [9.17, 15) is 9.59 Å². The second kappa shape index (κ2) is 8.00. The third-order valence-electron chi connectivity index (χ3n) is 4.55. The van der Waals surface area contributed by atoms with E-state index in [1.165, 1.54) is 18.4 Å². The highest BCUT2D eigenvalue weighted by Crippen LogP contribution is 2.35. The van der Waals surface area contributed by atoms with Crippen molar-refractivity contribution >= 4 is 55.7 Å². The van der Waals surface area contributed by atoms with Crippen LogP contribution >= 0.6 is 11.3 Å². The van der Waals surface area contributed by atoms with Crippen LogP contribution in [0.2, 0.25) is 0 Å². The maximum Gasteiger partial charge on any atom is 0.337 e. The number of nitrogens with zero attached hydrogens (tertiary/aromatic N) is 1. The Hall–Kier alpha value is -3.65. The van der Waals surface area contributed by atoms with Gasteiger partial charge in [-0.15, -0.1) is 11.3 Å². The number of amides is 1. The molecule has 30 heavy (non-hydrogen) atoms. The molecule has 2 aromatic carbocycles. The zero-order valence-electron chi connectivity index (χ0n) is 16.4. The fourth-order valence-corrected chi connectivity index (χ4v) is 4.11. The van der Waals surface area contributed by atoms with Crippen LogP contribution in [0.15, 0.2) is 48.5 Å². The number of hydrogen-bond donors (Lipinski definition) is 2. The van der Waals surface area contributed by atoms with Crippen LogP contribution in [0.5, 0.6) is 5.75 Å². The molecule has 0 spiro atoms. The Morgan fingerprint density at radius 2 is 2.00 bits per heavy atom. The molecule has 0 saturated carbocycles. The van der Waals surface area contributed by atoms with Crippen molar-refractivity contribution in [3.8, 4) is 5.75 Å². The molecule has 0 radical (unpaired) electrons. The molecule has 7 nitrogen and oxygen atoms in total. The molecule has 3 N–H and O–H groups in total. The molecule has 0 aliphatic rings. The summed E-state index contributed by atoms with van der Waals surface area (Å²) in [5.74, 6) is -0.101. The molecule has 0 bridgehead atoms. The Kier molecular flexibility index (Phi) is 5.24. The Labute approximate surface area is 176 Å². The molecule has 0 saturated heterocycles. The van der Waals surface area contributed by atoms with Crippen molar-refractivity contribution in [1.29, 1.82) is 0 Å². The number of hydrogen-bond acceptors (Lipinski definition) is 7. The van der Waals surface area contributed by atoms with E-state index in [1.54, 1.807) is 24.3 Å². The molecule has 1 amide bonds. The van der Waals surface area contributed by atoms with Crippen LogP contribution in [-0.2, 0) is 4.74 Å². The number of aromatic nitrogens is 1. The summed E-state index contributed by atoms with van der Waals surface area (Å²) in [7, 11) is 1.31. The summed E-state index contributed by atoms with van der Waals surface area (Å²) in [6.45, 7) is 2.49. The van der Waals surface area contributed by atoms with E-state index in [1.807, 2.05) is 31.2 Å². The zero-order chi connectivity index (χ0) is 21.3. The maximum atomic E-state index is 12.8. The minimum atomic E-state index is -0.477. The average molecular weight is 421 g/mol. The molecule has 0 aliphatic heterocycles. The summed E-state index contributed by atoms with van der Waals surface area (Å²) in [5.41, 5.74) is 8.23. The first-order valence-corrected chi connectivity index (χ1v) is 10.1. The van der Waals surface area contributed by atoms with Crippen LogP contribution < -0.4 is 15.8 Å². The van der Waals surface area contributed by atoms with Gasteiger partial charge in [0.25, 0.3) is 5.91 Å². The number of thiophene rings is 1. The third kappa shape index (κ3) is 3.65. The highest BCUT2D eigenvalue weighted by Gasteiger charge is 2.19. The van der Waals surface area contributed by atoms with Gasteiger partial charge in [-0.05, 0) is 43.3 Å². The third-order valence-corrected chi connectivity index (χ3v) is 5.66. The van der Waals surface area contributed by atoms with Gasteiger partial charge in [0.05, 0.1) is 30.5 Å². The van der Waals surface area contributed by atoms with Gasteiger partial charge in [-0.25, -0.2) is 9.78 Å². The topological polar surface area (TPSA) is 104 Å². The van der Waals surface area contributed by atoms with Crippen molar-refractivity contribution in [2.75, 3.05) is 24.8 Å². The average Bonchev–Trinajstić information content (AvgIpc) is 3.07. The van der Waals surface area contributed by atoms with Crippen LogP contribution in [0.25, 0.3) is 21.1 Å². The summed E-state index contributed by atoms with van der Waals surface area (Å²) in [5, 5.41) is 4.42. The smallest absolute Gasteiger partial charge is 0.337 e. The van der Waals surface area contributed by atoms with Crippen LogP contribution in [0, 0.1) is 0 Å². The monoisotopic (exact) mass is 421 g/mol. The van der Waals surface area contributed by atoms with Gasteiger partial charge in [-0.1, -0.05) is 6.07 Å². The van der Waals surface area contributed by atoms with Crippen LogP contribution in [0.1, 0.15) is 27.0 Å². The molecule has 0 unspecified atom stereocenters. The maximum absolute atomic E-state index is 12.8. The number of fused-ring (bicyclic) bond motifs is 2. The van der Waals surface area contributed by atoms with Gasteiger partial charge in [0.2, 0.25) is 0 Å². The minimum Gasteiger partial charge on any atom is -0.494 e. The van der Waals surface area contributed by atoms with E-state index in [-0.39, 0.29) is 5.91 Å². The lowest BCUT2D eigenvalue weighted by Crippen LogP contribution is -2.12. The molecule has 152 valence electrons. The second-order valence-corrected chi connectivity index (χ2v) is 7.50. The minimum absolute atomic E-state index is 0.345. The first kappa shape index (κ1) is 19.7. The molecule has 0 atom stereocenters. The van der Waals surface area contributed by atoms with Crippen molar-refractivity contribution in [3.05, 3.63) is 59.0 Å². The molecular formula is C22H19N3O4S. The van der Waals surface area contributed by atoms with Crippen molar-refractivity contribution in [1.82, 2.24) is 4.98 Å². The van der Waals surface area contributed by atoms with Gasteiger partial charge < -0.3 is 20.5 Å². The number of nitrogens with one attached hydrogen (secondary N) is 1. The van der Waals surface area contributed by atoms with Gasteiger partial charge >= 0.3 is 5.97 Å². The number of nitrogens with two attached hydrogens (primary N) is 1. The van der Waals surface area contributed by atoms with Crippen molar-refractivity contribution in [2.45, 2.75) is 6.92 Å². The van der Waals surface area contributed by atoms with E-state index >= 15 is 0 Å². The Morgan fingerprint density at radius 1 is 1.17 bits per heavy atom. The van der Waals surface area contributed by atoms with Gasteiger partial charge in [0.1, 0.15) is 15.5 Å². The van der Waals surface area contributed by atoms with Crippen LogP contribution in [0.3, 0.4) is 0 Å². The number of pyridine rings is 1. The predicted octanol–water partition coefficient (Wildman–Crippen LogP) is 4.47. The van der Waals surface area contributed by atoms with Crippen molar-refractivity contribution in [2.24, 2.45) is 0 Å². The highest BCUT2D eigenvalue weighted by atomic mass is 32.1. The van der Waals surface area contributed by atoms with Gasteiger partial charge in [0, 0.05) is 22.5 Å². The normalized spacial score (nSPS) is 10.9. The lowest BCUT2D eigenvalue weighted by molar-refractivity contribution is 0.0600. The summed E-state index contributed by atoms with van der Waals surface area (Å²) in [4.78, 5) is 30.2. The van der Waals surface area contributed by atoms with Gasteiger partial charge in [-0.2, -0.15) is 0 Å². The largest absolute Gasteiger partial charge is 0.494 e. The number of esters is 1. The summed E-state index contributed by atoms with van der Waals surface area (Å²) < 4.78 is 10.3. The summed E-state index contributed by atoms with van der Waals surface area (Å²) >= 11 is 1.22. The molecule has 2 aromatic heterocycles. The Morgan fingerprint density at radius 3 is 2.77 bits per heavy atom. The SMILES string of the molecule is CCOc1ccc2cc3c(N)c(C(=O)Nc4cccc(C(=O)OC)c4)sc3nc2c1.